The van der Waals surface area contributed by atoms with Gasteiger partial charge < -0.3 is 0 Å². The summed E-state index contributed by atoms with van der Waals surface area (Å²) < 4.78 is 4.34. The molecule has 0 fully saturated rings. The molecule has 0 saturated carbocycles. The zero-order valence-corrected chi connectivity index (χ0v) is 13.7. The van der Waals surface area contributed by atoms with Crippen molar-refractivity contribution in [1.29, 1.82) is 0 Å². The molecule has 0 aliphatic carbocycles. The van der Waals surface area contributed by atoms with Crippen molar-refractivity contribution in [3.8, 4) is 0 Å². The van der Waals surface area contributed by atoms with Crippen molar-refractivity contribution < 1.29 is 0 Å². The Kier molecular flexibility index (Phi) is 4.38. The molecule has 0 aliphatic heterocycles. The second kappa shape index (κ2) is 6.61. The summed E-state index contributed by atoms with van der Waals surface area (Å²) in [5, 5.41) is 0. The van der Waals surface area contributed by atoms with Crippen LogP contribution >= 0.6 is 0 Å². The van der Waals surface area contributed by atoms with Crippen LogP contribution in [0.1, 0.15) is 5.56 Å². The van der Waals surface area contributed by atoms with Gasteiger partial charge in [0.25, 0.3) is 0 Å². The Morgan fingerprint density at radius 1 is 0.619 bits per heavy atom. The first-order valence-corrected chi connectivity index (χ1v) is 9.83. The van der Waals surface area contributed by atoms with Crippen molar-refractivity contribution in [2.75, 3.05) is 0 Å². The van der Waals surface area contributed by atoms with Crippen LogP contribution in [0.4, 0.5) is 0 Å². The number of rotatable bonds is 4. The predicted octanol–water partition coefficient (Wildman–Crippen LogP) is 2.85. The second-order valence-electron chi connectivity index (χ2n) is 4.77. The Morgan fingerprint density at radius 3 is 1.62 bits per heavy atom. The molecule has 0 atom stereocenters. The van der Waals surface area contributed by atoms with E-state index >= 15 is 0 Å². The maximum atomic E-state index is 3.98. The van der Waals surface area contributed by atoms with E-state index < -0.39 is 14.7 Å². The van der Waals surface area contributed by atoms with E-state index in [1.165, 1.54) is 18.6 Å². The van der Waals surface area contributed by atoms with Crippen molar-refractivity contribution in [2.24, 2.45) is 0 Å². The fraction of sp³-hybridized carbons (Fsp3) is 0. The van der Waals surface area contributed by atoms with Crippen molar-refractivity contribution in [1.82, 2.24) is 0 Å². The maximum absolute atomic E-state index is 3.98. The molecule has 0 aromatic heterocycles. The summed E-state index contributed by atoms with van der Waals surface area (Å²) in [5.41, 5.74) is 1.25. The van der Waals surface area contributed by atoms with Gasteiger partial charge in [-0.25, -0.2) is 0 Å². The SMILES string of the molecule is C=Cc1ccccc1[As](c1ccccc1)c1ccccc1. The fourth-order valence-electron chi connectivity index (χ4n) is 2.45. The summed E-state index contributed by atoms with van der Waals surface area (Å²) in [4.78, 5) is 0. The zero-order chi connectivity index (χ0) is 14.5. The van der Waals surface area contributed by atoms with Crippen LogP contribution in [0.25, 0.3) is 6.08 Å². The molecule has 0 N–H and O–H groups in total. The van der Waals surface area contributed by atoms with Gasteiger partial charge in [-0.3, -0.25) is 0 Å². The Bertz CT molecular complexity index is 678. The predicted molar refractivity (Wildman–Crippen MR) is 94.1 cm³/mol. The first-order chi connectivity index (χ1) is 10.4. The van der Waals surface area contributed by atoms with E-state index in [-0.39, 0.29) is 0 Å². The Balaban J connectivity index is 2.20. The first-order valence-electron chi connectivity index (χ1n) is 7.02. The van der Waals surface area contributed by atoms with Gasteiger partial charge in [-0.15, -0.1) is 0 Å². The summed E-state index contributed by atoms with van der Waals surface area (Å²) in [6, 6.07) is 30.4. The van der Waals surface area contributed by atoms with Gasteiger partial charge in [0.15, 0.2) is 0 Å². The average molecular weight is 332 g/mol. The first kappa shape index (κ1) is 13.9. The Labute approximate surface area is 131 Å². The molecule has 21 heavy (non-hydrogen) atoms. The van der Waals surface area contributed by atoms with Gasteiger partial charge >= 0.3 is 131 Å². The molecular formula is C20H17As. The van der Waals surface area contributed by atoms with Crippen molar-refractivity contribution in [3.63, 3.8) is 0 Å². The third-order valence-electron chi connectivity index (χ3n) is 3.43. The molecule has 3 aromatic carbocycles. The van der Waals surface area contributed by atoms with Crippen LogP contribution in [-0.4, -0.2) is 14.7 Å². The van der Waals surface area contributed by atoms with Crippen molar-refractivity contribution in [3.05, 3.63) is 97.1 Å². The van der Waals surface area contributed by atoms with Gasteiger partial charge in [0.1, 0.15) is 0 Å². The molecule has 0 heterocycles. The van der Waals surface area contributed by atoms with Crippen LogP contribution in [-0.2, 0) is 0 Å². The van der Waals surface area contributed by atoms with Gasteiger partial charge in [0.05, 0.1) is 0 Å². The molecule has 0 spiro atoms. The minimum absolute atomic E-state index is 1.25. The van der Waals surface area contributed by atoms with Crippen LogP contribution in [0.15, 0.2) is 91.5 Å². The second-order valence-corrected chi connectivity index (χ2v) is 9.35. The molecular weight excluding hydrogens is 315 g/mol. The molecule has 3 aromatic rings. The van der Waals surface area contributed by atoms with Crippen LogP contribution in [0, 0.1) is 0 Å². The number of benzene rings is 3. The third kappa shape index (κ3) is 3.01. The zero-order valence-electron chi connectivity index (χ0n) is 11.8. The molecule has 102 valence electrons. The van der Waals surface area contributed by atoms with E-state index in [1.807, 2.05) is 6.08 Å². The van der Waals surface area contributed by atoms with Crippen LogP contribution in [0.2, 0.25) is 0 Å². The molecule has 0 radical (unpaired) electrons. The fourth-order valence-corrected chi connectivity index (χ4v) is 7.59. The van der Waals surface area contributed by atoms with E-state index in [0.717, 1.165) is 0 Å². The standard InChI is InChI=1S/C20H17As/c1-2-17-11-9-10-16-20(17)21(18-12-5-3-6-13-18)19-14-7-4-8-15-19/h2-16H,1H2. The van der Waals surface area contributed by atoms with Crippen LogP contribution in [0.5, 0.6) is 0 Å². The number of hydrogen-bond donors (Lipinski definition) is 0. The van der Waals surface area contributed by atoms with Crippen molar-refractivity contribution >= 4 is 33.8 Å². The minimum atomic E-state index is -1.52. The Hall–Kier alpha value is -2.04. The van der Waals surface area contributed by atoms with Gasteiger partial charge in [-0.1, -0.05) is 0 Å². The van der Waals surface area contributed by atoms with Gasteiger partial charge in [0.2, 0.25) is 0 Å². The van der Waals surface area contributed by atoms with Crippen LogP contribution < -0.4 is 13.1 Å². The summed E-state index contributed by atoms with van der Waals surface area (Å²) in [6.45, 7) is 3.98. The molecule has 0 aliphatic rings. The molecule has 0 saturated heterocycles. The van der Waals surface area contributed by atoms with Crippen LogP contribution in [0.3, 0.4) is 0 Å². The molecule has 0 nitrogen and oxygen atoms in total. The normalized spacial score (nSPS) is 10.5. The van der Waals surface area contributed by atoms with Gasteiger partial charge in [-0.2, -0.15) is 0 Å². The van der Waals surface area contributed by atoms with E-state index in [2.05, 4.69) is 91.5 Å². The number of hydrogen-bond acceptors (Lipinski definition) is 0. The van der Waals surface area contributed by atoms with E-state index in [1.54, 1.807) is 0 Å². The average Bonchev–Trinajstić information content (AvgIpc) is 2.58. The van der Waals surface area contributed by atoms with Gasteiger partial charge in [0, 0.05) is 0 Å². The molecule has 1 heteroatoms. The van der Waals surface area contributed by atoms with E-state index in [4.69, 9.17) is 0 Å². The summed E-state index contributed by atoms with van der Waals surface area (Å²) in [6.07, 6.45) is 1.98. The summed E-state index contributed by atoms with van der Waals surface area (Å²) >= 11 is -1.52. The summed E-state index contributed by atoms with van der Waals surface area (Å²) in [7, 11) is 0. The molecule has 0 amide bonds. The van der Waals surface area contributed by atoms with Crippen molar-refractivity contribution in [2.45, 2.75) is 0 Å². The van der Waals surface area contributed by atoms with E-state index in [0.29, 0.717) is 0 Å². The topological polar surface area (TPSA) is 0 Å². The Morgan fingerprint density at radius 2 is 1.10 bits per heavy atom. The molecule has 0 bridgehead atoms. The molecule has 3 rings (SSSR count). The summed E-state index contributed by atoms with van der Waals surface area (Å²) in [5.74, 6) is 0. The van der Waals surface area contributed by atoms with Gasteiger partial charge in [-0.05, 0) is 0 Å². The van der Waals surface area contributed by atoms with E-state index in [9.17, 15) is 0 Å². The quantitative estimate of drug-likeness (QED) is 0.645. The third-order valence-corrected chi connectivity index (χ3v) is 8.71. The monoisotopic (exact) mass is 332 g/mol. The molecule has 0 unspecified atom stereocenters.